The topological polar surface area (TPSA) is 125 Å². The molecule has 5 rings (SSSR count). The monoisotopic (exact) mass is 490 g/mol. The number of benzene rings is 2. The average molecular weight is 491 g/mol. The Labute approximate surface area is 203 Å². The molecule has 3 N–H and O–H groups in total. The molecule has 0 amide bonds. The van der Waals surface area contributed by atoms with Gasteiger partial charge < -0.3 is 10.5 Å². The lowest BCUT2D eigenvalue weighted by atomic mass is 9.92. The highest BCUT2D eigenvalue weighted by molar-refractivity contribution is 7.92. The van der Waals surface area contributed by atoms with Crippen molar-refractivity contribution in [1.82, 2.24) is 24.5 Å². The van der Waals surface area contributed by atoms with Crippen molar-refractivity contribution in [3.05, 3.63) is 72.9 Å². The molecular weight excluding hydrogens is 464 g/mol. The summed E-state index contributed by atoms with van der Waals surface area (Å²) in [4.78, 5) is 8.68. The van der Waals surface area contributed by atoms with E-state index < -0.39 is 10.0 Å². The largest absolute Gasteiger partial charge is 0.457 e. The van der Waals surface area contributed by atoms with Crippen molar-refractivity contribution in [2.75, 3.05) is 5.73 Å². The Morgan fingerprint density at radius 2 is 1.69 bits per heavy atom. The molecule has 0 spiro atoms. The van der Waals surface area contributed by atoms with Crippen molar-refractivity contribution in [2.45, 2.75) is 37.8 Å². The van der Waals surface area contributed by atoms with Crippen LogP contribution in [0.25, 0.3) is 22.3 Å². The standard InChI is InChI=1S/C25H26N6O3S/c1-2-35(32,33)30-18-10-12-19(13-11-18)31-25-22(24(26)27-16-28-25)23(29-31)17-8-14-21(15-9-17)34-20-6-4-3-5-7-20/h2-9,14-16,18-19,30H,1,10-13H2,(H2,26,27,28)/t18-,19+. The second-order valence-corrected chi connectivity index (χ2v) is 10.2. The van der Waals surface area contributed by atoms with E-state index in [1.54, 1.807) is 0 Å². The summed E-state index contributed by atoms with van der Waals surface area (Å²) in [7, 11) is -3.45. The molecule has 2 aromatic heterocycles. The van der Waals surface area contributed by atoms with Crippen LogP contribution in [0.3, 0.4) is 0 Å². The molecule has 180 valence electrons. The zero-order valence-corrected chi connectivity index (χ0v) is 19.9. The fraction of sp³-hybridized carbons (Fsp3) is 0.240. The van der Waals surface area contributed by atoms with Crippen molar-refractivity contribution in [1.29, 1.82) is 0 Å². The van der Waals surface area contributed by atoms with Crippen molar-refractivity contribution in [3.8, 4) is 22.8 Å². The molecule has 0 atom stereocenters. The van der Waals surface area contributed by atoms with E-state index in [-0.39, 0.29) is 12.1 Å². The predicted octanol–water partition coefficient (Wildman–Crippen LogP) is 4.41. The summed E-state index contributed by atoms with van der Waals surface area (Å²) in [5.74, 6) is 1.85. The Morgan fingerprint density at radius 3 is 2.37 bits per heavy atom. The van der Waals surface area contributed by atoms with Crippen LogP contribution in [0.2, 0.25) is 0 Å². The van der Waals surface area contributed by atoms with Gasteiger partial charge in [0.1, 0.15) is 29.3 Å². The predicted molar refractivity (Wildman–Crippen MR) is 135 cm³/mol. The fourth-order valence-corrected chi connectivity index (χ4v) is 5.27. The summed E-state index contributed by atoms with van der Waals surface area (Å²) in [5.41, 5.74) is 8.52. The van der Waals surface area contributed by atoms with Gasteiger partial charge in [0, 0.05) is 17.0 Å². The van der Waals surface area contributed by atoms with Crippen molar-refractivity contribution < 1.29 is 13.2 Å². The maximum Gasteiger partial charge on any atom is 0.233 e. The molecule has 0 radical (unpaired) electrons. The molecule has 35 heavy (non-hydrogen) atoms. The van der Waals surface area contributed by atoms with Crippen LogP contribution in [0.4, 0.5) is 5.82 Å². The minimum absolute atomic E-state index is 0.0747. The number of hydrogen-bond donors (Lipinski definition) is 2. The number of nitrogens with two attached hydrogens (primary N) is 1. The van der Waals surface area contributed by atoms with Crippen LogP contribution in [0.5, 0.6) is 11.5 Å². The number of fused-ring (bicyclic) bond motifs is 1. The first kappa shape index (κ1) is 23.0. The van der Waals surface area contributed by atoms with E-state index in [1.165, 1.54) is 6.33 Å². The van der Waals surface area contributed by atoms with Crippen LogP contribution in [0.1, 0.15) is 31.7 Å². The van der Waals surface area contributed by atoms with Crippen molar-refractivity contribution in [2.24, 2.45) is 0 Å². The van der Waals surface area contributed by atoms with Gasteiger partial charge >= 0.3 is 0 Å². The number of rotatable bonds is 7. The summed E-state index contributed by atoms with van der Waals surface area (Å²) in [6, 6.07) is 17.2. The third kappa shape index (κ3) is 4.89. The number of aromatic nitrogens is 4. The van der Waals surface area contributed by atoms with Gasteiger partial charge in [0.2, 0.25) is 10.0 Å². The third-order valence-corrected chi connectivity index (χ3v) is 7.32. The lowest BCUT2D eigenvalue weighted by Gasteiger charge is -2.28. The van der Waals surface area contributed by atoms with Gasteiger partial charge in [-0.25, -0.2) is 27.8 Å². The van der Waals surface area contributed by atoms with Gasteiger partial charge in [-0.2, -0.15) is 5.10 Å². The molecule has 1 fully saturated rings. The van der Waals surface area contributed by atoms with Crippen LogP contribution in [0, 0.1) is 0 Å². The van der Waals surface area contributed by atoms with Crippen LogP contribution >= 0.6 is 0 Å². The highest BCUT2D eigenvalue weighted by Crippen LogP contribution is 2.36. The molecule has 0 aliphatic heterocycles. The first-order chi connectivity index (χ1) is 16.9. The molecular formula is C25H26N6O3S. The Kier molecular flexibility index (Phi) is 6.23. The maximum absolute atomic E-state index is 11.8. The molecule has 2 heterocycles. The smallest absolute Gasteiger partial charge is 0.233 e. The van der Waals surface area contributed by atoms with Gasteiger partial charge in [-0.15, -0.1) is 0 Å². The lowest BCUT2D eigenvalue weighted by molar-refractivity contribution is 0.299. The number of nitrogens with one attached hydrogen (secondary N) is 1. The third-order valence-electron chi connectivity index (χ3n) is 6.22. The summed E-state index contributed by atoms with van der Waals surface area (Å²) in [6.45, 7) is 3.36. The molecule has 0 saturated heterocycles. The van der Waals surface area contributed by atoms with E-state index in [0.717, 1.165) is 29.6 Å². The van der Waals surface area contributed by atoms with Crippen LogP contribution in [-0.4, -0.2) is 34.2 Å². The Bertz CT molecular complexity index is 1440. The first-order valence-corrected chi connectivity index (χ1v) is 12.9. The van der Waals surface area contributed by atoms with Crippen molar-refractivity contribution in [3.63, 3.8) is 0 Å². The van der Waals surface area contributed by atoms with E-state index in [2.05, 4.69) is 21.3 Å². The Hall–Kier alpha value is -3.76. The molecule has 0 unspecified atom stereocenters. The van der Waals surface area contributed by atoms with Gasteiger partial charge in [-0.3, -0.25) is 0 Å². The first-order valence-electron chi connectivity index (χ1n) is 11.4. The number of ether oxygens (including phenoxy) is 1. The quantitative estimate of drug-likeness (QED) is 0.393. The van der Waals surface area contributed by atoms with Crippen molar-refractivity contribution >= 4 is 26.9 Å². The fourth-order valence-electron chi connectivity index (χ4n) is 4.48. The Balaban J connectivity index is 1.41. The van der Waals surface area contributed by atoms with E-state index >= 15 is 0 Å². The van der Waals surface area contributed by atoms with Crippen LogP contribution in [0.15, 0.2) is 72.9 Å². The summed E-state index contributed by atoms with van der Waals surface area (Å²) in [6.07, 6.45) is 4.35. The number of sulfonamides is 1. The SMILES string of the molecule is C=CS(=O)(=O)N[C@H]1CC[C@@H](n2nc(-c3ccc(Oc4ccccc4)cc3)c3c(N)ncnc32)CC1. The van der Waals surface area contributed by atoms with Gasteiger partial charge in [0.25, 0.3) is 0 Å². The van der Waals surface area contributed by atoms with E-state index in [4.69, 9.17) is 15.6 Å². The highest BCUT2D eigenvalue weighted by Gasteiger charge is 2.28. The Morgan fingerprint density at radius 1 is 1.00 bits per heavy atom. The molecule has 9 nitrogen and oxygen atoms in total. The number of hydrogen-bond acceptors (Lipinski definition) is 7. The zero-order chi connectivity index (χ0) is 24.4. The molecule has 1 aliphatic rings. The van der Waals surface area contributed by atoms with Gasteiger partial charge in [-0.05, 0) is 62.1 Å². The van der Waals surface area contributed by atoms with Crippen LogP contribution < -0.4 is 15.2 Å². The normalized spacial score (nSPS) is 18.4. The lowest BCUT2D eigenvalue weighted by Crippen LogP contribution is -2.37. The molecule has 0 bridgehead atoms. The molecule has 2 aromatic carbocycles. The van der Waals surface area contributed by atoms with Crippen LogP contribution in [-0.2, 0) is 10.0 Å². The number of anilines is 1. The van der Waals surface area contributed by atoms with E-state index in [9.17, 15) is 8.42 Å². The maximum atomic E-state index is 11.8. The average Bonchev–Trinajstić information content (AvgIpc) is 3.26. The summed E-state index contributed by atoms with van der Waals surface area (Å²) in [5, 5.41) is 6.57. The summed E-state index contributed by atoms with van der Waals surface area (Å²) >= 11 is 0. The van der Waals surface area contributed by atoms with Gasteiger partial charge in [0.15, 0.2) is 5.65 Å². The summed E-state index contributed by atoms with van der Waals surface area (Å²) < 4.78 is 34.2. The molecule has 1 saturated carbocycles. The zero-order valence-electron chi connectivity index (χ0n) is 19.0. The van der Waals surface area contributed by atoms with E-state index in [1.807, 2.05) is 59.3 Å². The number of nitrogens with zero attached hydrogens (tertiary/aromatic N) is 4. The van der Waals surface area contributed by atoms with Gasteiger partial charge in [0.05, 0.1) is 11.4 Å². The minimum Gasteiger partial charge on any atom is -0.457 e. The number of nitrogen functional groups attached to an aromatic ring is 1. The second kappa shape index (κ2) is 9.47. The highest BCUT2D eigenvalue weighted by atomic mass is 32.2. The second-order valence-electron chi connectivity index (χ2n) is 8.53. The molecule has 1 aliphatic carbocycles. The molecule has 10 heteroatoms. The molecule has 4 aromatic rings. The van der Waals surface area contributed by atoms with E-state index in [0.29, 0.717) is 41.1 Å². The van der Waals surface area contributed by atoms with Gasteiger partial charge in [-0.1, -0.05) is 24.8 Å². The minimum atomic E-state index is -3.45. The number of para-hydroxylation sites is 1.